The summed E-state index contributed by atoms with van der Waals surface area (Å²) in [5, 5.41) is 13.4. The van der Waals surface area contributed by atoms with E-state index < -0.39 is 0 Å². The second-order valence-electron chi connectivity index (χ2n) is 6.41. The van der Waals surface area contributed by atoms with Gasteiger partial charge in [-0.1, -0.05) is 6.92 Å². The lowest BCUT2D eigenvalue weighted by Crippen LogP contribution is -2.33. The molecule has 1 aliphatic heterocycles. The second kappa shape index (κ2) is 6.46. The number of fused-ring (bicyclic) bond motifs is 1. The van der Waals surface area contributed by atoms with Crippen LogP contribution in [-0.2, 0) is 0 Å². The minimum Gasteiger partial charge on any atom is -0.356 e. The van der Waals surface area contributed by atoms with Crippen LogP contribution in [0.2, 0.25) is 0 Å². The third kappa shape index (κ3) is 3.28. The normalized spacial score (nSPS) is 15.5. The highest BCUT2D eigenvalue weighted by molar-refractivity contribution is 6.05. The molecule has 0 saturated carbocycles. The number of hydrogen-bond donors (Lipinski definition) is 2. The number of hydrogen-bond acceptors (Lipinski definition) is 6. The molecule has 1 fully saturated rings. The molecule has 0 spiro atoms. The van der Waals surface area contributed by atoms with Crippen LogP contribution in [-0.4, -0.2) is 44.4 Å². The van der Waals surface area contributed by atoms with Crippen molar-refractivity contribution in [3.63, 3.8) is 0 Å². The Balaban J connectivity index is 1.50. The standard InChI is InChI=1S/C17H19N7O/c1-11-4-6-24(7-5-11)16-9-15(18-10-19-16)20-17(25)12-2-3-13-14(8-12)22-23-21-13/h2-3,8-11H,4-7H2,1H3,(H,21,22,23)(H,18,19,20,25). The predicted molar refractivity (Wildman–Crippen MR) is 94.5 cm³/mol. The smallest absolute Gasteiger partial charge is 0.256 e. The van der Waals surface area contributed by atoms with E-state index in [0.29, 0.717) is 16.9 Å². The number of aromatic amines is 1. The van der Waals surface area contributed by atoms with E-state index in [-0.39, 0.29) is 5.91 Å². The van der Waals surface area contributed by atoms with Crippen molar-refractivity contribution in [1.82, 2.24) is 25.4 Å². The van der Waals surface area contributed by atoms with Gasteiger partial charge in [0, 0.05) is 24.7 Å². The van der Waals surface area contributed by atoms with Gasteiger partial charge in [-0.2, -0.15) is 15.4 Å². The Kier molecular flexibility index (Phi) is 4.01. The molecule has 1 amide bonds. The van der Waals surface area contributed by atoms with E-state index in [4.69, 9.17) is 0 Å². The molecule has 2 aromatic heterocycles. The Morgan fingerprint density at radius 3 is 2.80 bits per heavy atom. The van der Waals surface area contributed by atoms with Gasteiger partial charge in [0.2, 0.25) is 0 Å². The predicted octanol–water partition coefficient (Wildman–Crippen LogP) is 2.24. The van der Waals surface area contributed by atoms with Crippen molar-refractivity contribution in [2.24, 2.45) is 5.92 Å². The average molecular weight is 337 g/mol. The van der Waals surface area contributed by atoms with Gasteiger partial charge >= 0.3 is 0 Å². The Morgan fingerprint density at radius 2 is 1.96 bits per heavy atom. The average Bonchev–Trinajstić information content (AvgIpc) is 3.10. The van der Waals surface area contributed by atoms with Crippen LogP contribution >= 0.6 is 0 Å². The van der Waals surface area contributed by atoms with E-state index in [1.165, 1.54) is 6.33 Å². The molecule has 1 aliphatic rings. The SMILES string of the molecule is CC1CCN(c2cc(NC(=O)c3ccc4n[nH]nc4c3)ncn2)CC1. The fourth-order valence-corrected chi connectivity index (χ4v) is 3.00. The number of aromatic nitrogens is 5. The van der Waals surface area contributed by atoms with Gasteiger partial charge in [-0.15, -0.1) is 0 Å². The fraction of sp³-hybridized carbons (Fsp3) is 0.353. The molecule has 4 rings (SSSR count). The Labute approximate surface area is 144 Å². The number of H-pyrrole nitrogens is 1. The summed E-state index contributed by atoms with van der Waals surface area (Å²) < 4.78 is 0. The molecular weight excluding hydrogens is 318 g/mol. The summed E-state index contributed by atoms with van der Waals surface area (Å²) in [6.07, 6.45) is 3.80. The lowest BCUT2D eigenvalue weighted by atomic mass is 9.99. The van der Waals surface area contributed by atoms with E-state index in [1.807, 2.05) is 6.07 Å². The van der Waals surface area contributed by atoms with Gasteiger partial charge in [0.1, 0.15) is 29.0 Å². The second-order valence-corrected chi connectivity index (χ2v) is 6.41. The molecular formula is C17H19N7O. The quantitative estimate of drug-likeness (QED) is 0.760. The van der Waals surface area contributed by atoms with Crippen LogP contribution in [0.5, 0.6) is 0 Å². The number of anilines is 2. The topological polar surface area (TPSA) is 99.7 Å². The highest BCUT2D eigenvalue weighted by atomic mass is 16.1. The van der Waals surface area contributed by atoms with Crippen LogP contribution < -0.4 is 10.2 Å². The number of rotatable bonds is 3. The van der Waals surface area contributed by atoms with Crippen molar-refractivity contribution in [3.8, 4) is 0 Å². The molecule has 2 N–H and O–H groups in total. The van der Waals surface area contributed by atoms with E-state index in [9.17, 15) is 4.79 Å². The molecule has 1 saturated heterocycles. The first-order valence-corrected chi connectivity index (χ1v) is 8.38. The summed E-state index contributed by atoms with van der Waals surface area (Å²) in [7, 11) is 0. The van der Waals surface area contributed by atoms with Crippen LogP contribution in [0.1, 0.15) is 30.1 Å². The lowest BCUT2D eigenvalue weighted by molar-refractivity contribution is 0.102. The first-order valence-electron chi connectivity index (χ1n) is 8.38. The van der Waals surface area contributed by atoms with Crippen molar-refractivity contribution < 1.29 is 4.79 Å². The van der Waals surface area contributed by atoms with Gasteiger partial charge < -0.3 is 10.2 Å². The van der Waals surface area contributed by atoms with Crippen molar-refractivity contribution in [1.29, 1.82) is 0 Å². The van der Waals surface area contributed by atoms with Crippen LogP contribution in [0, 0.1) is 5.92 Å². The summed E-state index contributed by atoms with van der Waals surface area (Å²) in [5.41, 5.74) is 1.88. The summed E-state index contributed by atoms with van der Waals surface area (Å²) in [6.45, 7) is 4.23. The lowest BCUT2D eigenvalue weighted by Gasteiger charge is -2.31. The molecule has 0 atom stereocenters. The monoisotopic (exact) mass is 337 g/mol. The van der Waals surface area contributed by atoms with Crippen LogP contribution in [0.25, 0.3) is 11.0 Å². The Bertz CT molecular complexity index is 899. The van der Waals surface area contributed by atoms with Gasteiger partial charge in [0.25, 0.3) is 5.91 Å². The molecule has 25 heavy (non-hydrogen) atoms. The summed E-state index contributed by atoms with van der Waals surface area (Å²) in [6, 6.07) is 6.99. The van der Waals surface area contributed by atoms with Gasteiger partial charge in [0.15, 0.2) is 0 Å². The van der Waals surface area contributed by atoms with Crippen LogP contribution in [0.15, 0.2) is 30.6 Å². The third-order valence-electron chi connectivity index (χ3n) is 4.58. The minimum absolute atomic E-state index is 0.234. The highest BCUT2D eigenvalue weighted by Gasteiger charge is 2.18. The molecule has 128 valence electrons. The number of nitrogens with zero attached hydrogens (tertiary/aromatic N) is 5. The van der Waals surface area contributed by atoms with E-state index in [2.05, 4.69) is 42.5 Å². The number of carbonyl (C=O) groups is 1. The zero-order chi connectivity index (χ0) is 17.2. The third-order valence-corrected chi connectivity index (χ3v) is 4.58. The molecule has 0 aliphatic carbocycles. The van der Waals surface area contributed by atoms with E-state index in [1.54, 1.807) is 18.2 Å². The van der Waals surface area contributed by atoms with Gasteiger partial charge in [-0.25, -0.2) is 9.97 Å². The molecule has 8 nitrogen and oxygen atoms in total. The zero-order valence-electron chi connectivity index (χ0n) is 13.9. The van der Waals surface area contributed by atoms with Crippen molar-refractivity contribution >= 4 is 28.6 Å². The van der Waals surface area contributed by atoms with Crippen molar-refractivity contribution in [3.05, 3.63) is 36.2 Å². The minimum atomic E-state index is -0.234. The number of amides is 1. The Hall–Kier alpha value is -3.03. The molecule has 3 heterocycles. The first-order chi connectivity index (χ1) is 12.2. The summed E-state index contributed by atoms with van der Waals surface area (Å²) >= 11 is 0. The van der Waals surface area contributed by atoms with Crippen LogP contribution in [0.4, 0.5) is 11.6 Å². The maximum Gasteiger partial charge on any atom is 0.256 e. The molecule has 8 heteroatoms. The number of benzene rings is 1. The van der Waals surface area contributed by atoms with Crippen molar-refractivity contribution in [2.75, 3.05) is 23.3 Å². The first kappa shape index (κ1) is 15.5. The van der Waals surface area contributed by atoms with Gasteiger partial charge in [0.05, 0.1) is 0 Å². The summed E-state index contributed by atoms with van der Waals surface area (Å²) in [4.78, 5) is 23.2. The van der Waals surface area contributed by atoms with Gasteiger partial charge in [-0.05, 0) is 37.0 Å². The maximum atomic E-state index is 12.5. The molecule has 0 unspecified atom stereocenters. The van der Waals surface area contributed by atoms with E-state index in [0.717, 1.165) is 43.2 Å². The van der Waals surface area contributed by atoms with Crippen molar-refractivity contribution in [2.45, 2.75) is 19.8 Å². The van der Waals surface area contributed by atoms with Crippen LogP contribution in [0.3, 0.4) is 0 Å². The maximum absolute atomic E-state index is 12.5. The molecule has 0 radical (unpaired) electrons. The highest BCUT2D eigenvalue weighted by Crippen LogP contribution is 2.22. The number of carbonyl (C=O) groups excluding carboxylic acids is 1. The number of nitrogens with one attached hydrogen (secondary N) is 2. The zero-order valence-corrected chi connectivity index (χ0v) is 13.9. The molecule has 3 aromatic rings. The molecule has 1 aromatic carbocycles. The van der Waals surface area contributed by atoms with Gasteiger partial charge in [-0.3, -0.25) is 4.79 Å². The largest absolute Gasteiger partial charge is 0.356 e. The summed E-state index contributed by atoms with van der Waals surface area (Å²) in [5.74, 6) is 1.86. The Morgan fingerprint density at radius 1 is 1.16 bits per heavy atom. The van der Waals surface area contributed by atoms with E-state index >= 15 is 0 Å². The number of piperidine rings is 1. The fourth-order valence-electron chi connectivity index (χ4n) is 3.00. The molecule has 0 bridgehead atoms.